The van der Waals surface area contributed by atoms with E-state index in [2.05, 4.69) is 0 Å². The first-order valence-electron chi connectivity index (χ1n) is 8.61. The molecule has 1 aromatic rings. The minimum Gasteiger partial charge on any atom is -0.508 e. The summed E-state index contributed by atoms with van der Waals surface area (Å²) in [6.45, 7) is -0.194. The van der Waals surface area contributed by atoms with Crippen molar-refractivity contribution in [2.45, 2.75) is 17.8 Å². The molecule has 3 rings (SSSR count). The average molecular weight is 421 g/mol. The topological polar surface area (TPSA) is 173 Å². The second kappa shape index (κ2) is 8.13. The molecule has 2 heterocycles. The fourth-order valence-electron chi connectivity index (χ4n) is 3.13. The Morgan fingerprint density at radius 1 is 1.34 bits per heavy atom. The van der Waals surface area contributed by atoms with E-state index in [1.807, 2.05) is 0 Å². The van der Waals surface area contributed by atoms with Crippen LogP contribution in [0, 0.1) is 5.92 Å². The highest BCUT2D eigenvalue weighted by Crippen LogP contribution is 2.41. The number of nitrogens with two attached hydrogens (primary N) is 2. The minimum atomic E-state index is -1.18. The Morgan fingerprint density at radius 2 is 2.07 bits per heavy atom. The molecule has 2 aliphatic rings. The number of carboxylic acid groups (broad SMARTS) is 1. The van der Waals surface area contributed by atoms with Crippen molar-refractivity contribution in [2.75, 3.05) is 12.4 Å². The van der Waals surface area contributed by atoms with Gasteiger partial charge in [-0.2, -0.15) is 0 Å². The summed E-state index contributed by atoms with van der Waals surface area (Å²) in [4.78, 5) is 48.0. The molecule has 0 aromatic heterocycles. The molecule has 154 valence electrons. The van der Waals surface area contributed by atoms with Gasteiger partial charge < -0.3 is 26.4 Å². The van der Waals surface area contributed by atoms with Crippen LogP contribution in [-0.2, 0) is 30.3 Å². The smallest absolute Gasteiger partial charge is 0.352 e. The Hall–Kier alpha value is -3.05. The molecule has 29 heavy (non-hydrogen) atoms. The third-order valence-corrected chi connectivity index (χ3v) is 5.94. The van der Waals surface area contributed by atoms with Gasteiger partial charge in [0, 0.05) is 11.3 Å². The summed E-state index contributed by atoms with van der Waals surface area (Å²) in [5.41, 5.74) is 11.3. The number of rotatable bonds is 7. The Morgan fingerprint density at radius 3 is 2.72 bits per heavy atom. The average Bonchev–Trinajstić information content (AvgIpc) is 2.68. The largest absolute Gasteiger partial charge is 0.508 e. The van der Waals surface area contributed by atoms with Crippen molar-refractivity contribution >= 4 is 35.5 Å². The predicted molar refractivity (Wildman–Crippen MR) is 101 cm³/mol. The van der Waals surface area contributed by atoms with Gasteiger partial charge in [0.1, 0.15) is 30.0 Å². The fraction of sp³-hybridized carbons (Fsp3) is 0.333. The van der Waals surface area contributed by atoms with Gasteiger partial charge in [0.25, 0.3) is 0 Å². The molecule has 1 fully saturated rings. The lowest BCUT2D eigenvalue weighted by molar-refractivity contribution is -0.159. The van der Waals surface area contributed by atoms with Gasteiger partial charge in [0.15, 0.2) is 0 Å². The van der Waals surface area contributed by atoms with E-state index < -0.39 is 41.1 Å². The highest BCUT2D eigenvalue weighted by Gasteiger charge is 2.52. The van der Waals surface area contributed by atoms with E-state index in [4.69, 9.17) is 21.3 Å². The van der Waals surface area contributed by atoms with Crippen LogP contribution < -0.4 is 11.5 Å². The molecule has 2 amide bonds. The highest BCUT2D eigenvalue weighted by atomic mass is 32.2. The molecule has 0 aliphatic carbocycles. The van der Waals surface area contributed by atoms with Gasteiger partial charge >= 0.3 is 11.9 Å². The Balaban J connectivity index is 1.60. The third-order valence-electron chi connectivity index (χ3n) is 4.70. The maximum atomic E-state index is 12.2. The SMILES string of the molecule is NC(=O)C(N)c1ccc(O)c(CC(=O)OC[C@@H]2C(=O)N3C(C(=O)O)=CCS[C@@H]23)c1. The number of fused-ring (bicyclic) bond motifs is 1. The molecular weight excluding hydrogens is 402 g/mol. The molecule has 2 aliphatic heterocycles. The number of benzene rings is 1. The van der Waals surface area contributed by atoms with Crippen LogP contribution in [0.1, 0.15) is 17.2 Å². The van der Waals surface area contributed by atoms with Crippen LogP contribution >= 0.6 is 11.8 Å². The van der Waals surface area contributed by atoms with Gasteiger partial charge in [-0.1, -0.05) is 6.07 Å². The number of aliphatic carboxylic acids is 1. The molecule has 0 bridgehead atoms. The lowest BCUT2D eigenvalue weighted by Gasteiger charge is -2.47. The first-order valence-corrected chi connectivity index (χ1v) is 9.66. The molecule has 6 N–H and O–H groups in total. The molecule has 3 atom stereocenters. The van der Waals surface area contributed by atoms with Gasteiger partial charge in [0.05, 0.1) is 11.8 Å². The number of ether oxygens (including phenoxy) is 1. The maximum absolute atomic E-state index is 12.2. The van der Waals surface area contributed by atoms with Crippen molar-refractivity contribution in [3.63, 3.8) is 0 Å². The van der Waals surface area contributed by atoms with Crippen LogP contribution in [0.2, 0.25) is 0 Å². The molecule has 1 unspecified atom stereocenters. The Bertz CT molecular complexity index is 917. The lowest BCUT2D eigenvalue weighted by Crippen LogP contribution is -2.62. The molecule has 1 saturated heterocycles. The van der Waals surface area contributed by atoms with Crippen LogP contribution in [0.4, 0.5) is 0 Å². The number of carbonyl (C=O) groups is 4. The van der Waals surface area contributed by atoms with Gasteiger partial charge in [-0.25, -0.2) is 4.79 Å². The number of hydrogen-bond acceptors (Lipinski definition) is 8. The number of esters is 1. The highest BCUT2D eigenvalue weighted by molar-refractivity contribution is 8.00. The van der Waals surface area contributed by atoms with Crippen LogP contribution in [0.25, 0.3) is 0 Å². The van der Waals surface area contributed by atoms with E-state index in [1.54, 1.807) is 0 Å². The Kier molecular flexibility index (Phi) is 5.80. The quantitative estimate of drug-likeness (QED) is 0.333. The molecule has 1 aromatic carbocycles. The normalized spacial score (nSPS) is 21.5. The Labute approximate surface area is 169 Å². The lowest BCUT2D eigenvalue weighted by atomic mass is 9.97. The second-order valence-corrected chi connectivity index (χ2v) is 7.71. The van der Waals surface area contributed by atoms with Crippen molar-refractivity contribution in [2.24, 2.45) is 17.4 Å². The molecular formula is C18H19N3O7S. The van der Waals surface area contributed by atoms with Gasteiger partial charge in [-0.3, -0.25) is 19.3 Å². The van der Waals surface area contributed by atoms with Crippen LogP contribution in [-0.4, -0.2) is 56.6 Å². The van der Waals surface area contributed by atoms with Crippen molar-refractivity contribution < 1.29 is 34.1 Å². The number of carbonyl (C=O) groups excluding carboxylic acids is 3. The first kappa shape index (κ1) is 20.7. The summed E-state index contributed by atoms with van der Waals surface area (Å²) >= 11 is 1.39. The van der Waals surface area contributed by atoms with E-state index >= 15 is 0 Å². The van der Waals surface area contributed by atoms with Crippen molar-refractivity contribution in [3.05, 3.63) is 41.1 Å². The van der Waals surface area contributed by atoms with Gasteiger partial charge in [0.2, 0.25) is 11.8 Å². The number of phenolic OH excluding ortho intramolecular Hbond substituents is 1. The maximum Gasteiger partial charge on any atom is 0.352 e. The monoisotopic (exact) mass is 421 g/mol. The zero-order valence-corrected chi connectivity index (χ0v) is 15.9. The fourth-order valence-corrected chi connectivity index (χ4v) is 4.38. The third kappa shape index (κ3) is 4.05. The minimum absolute atomic E-state index is 0.0612. The zero-order valence-electron chi connectivity index (χ0n) is 15.1. The number of nitrogens with zero attached hydrogens (tertiary/aromatic N) is 1. The molecule has 0 saturated carbocycles. The summed E-state index contributed by atoms with van der Waals surface area (Å²) < 4.78 is 5.17. The predicted octanol–water partition coefficient (Wildman–Crippen LogP) is -0.537. The summed E-state index contributed by atoms with van der Waals surface area (Å²) in [5.74, 6) is -3.39. The van der Waals surface area contributed by atoms with Crippen molar-refractivity contribution in [3.8, 4) is 5.75 Å². The summed E-state index contributed by atoms with van der Waals surface area (Å²) in [5, 5.41) is 18.7. The summed E-state index contributed by atoms with van der Waals surface area (Å²) in [6.07, 6.45) is 1.17. The standard InChI is InChI=1S/C18H19N3O7S/c19-14(15(20)24)8-1-2-12(22)9(5-8)6-13(23)28-7-10-16(25)21-11(18(26)27)3-4-29-17(10)21/h1-3,5,10,14,17,22H,4,6-7,19H2,(H2,20,24)(H,26,27)/t10-,14?,17+/m1/s1. The zero-order chi connectivity index (χ0) is 21.3. The van der Waals surface area contributed by atoms with Gasteiger partial charge in [-0.05, 0) is 23.8 Å². The summed E-state index contributed by atoms with van der Waals surface area (Å²) in [7, 11) is 0. The van der Waals surface area contributed by atoms with Crippen LogP contribution in [0.15, 0.2) is 30.0 Å². The number of phenols is 1. The molecule has 10 nitrogen and oxygen atoms in total. The van der Waals surface area contributed by atoms with E-state index in [-0.39, 0.29) is 30.0 Å². The number of hydrogen-bond donors (Lipinski definition) is 4. The first-order chi connectivity index (χ1) is 13.7. The number of carboxylic acids is 1. The number of thioether (sulfide) groups is 1. The molecule has 11 heteroatoms. The second-order valence-electron chi connectivity index (χ2n) is 6.56. The number of primary amides is 1. The molecule has 0 radical (unpaired) electrons. The van der Waals surface area contributed by atoms with E-state index in [0.717, 1.165) is 0 Å². The van der Waals surface area contributed by atoms with Crippen LogP contribution in [0.5, 0.6) is 5.75 Å². The van der Waals surface area contributed by atoms with Crippen molar-refractivity contribution in [1.29, 1.82) is 0 Å². The van der Waals surface area contributed by atoms with E-state index in [1.165, 1.54) is 40.9 Å². The molecule has 0 spiro atoms. The van der Waals surface area contributed by atoms with Crippen LogP contribution in [0.3, 0.4) is 0 Å². The number of amides is 2. The van der Waals surface area contributed by atoms with Crippen molar-refractivity contribution in [1.82, 2.24) is 4.90 Å². The number of aromatic hydroxyl groups is 1. The summed E-state index contributed by atoms with van der Waals surface area (Å²) in [6, 6.07) is 3.04. The van der Waals surface area contributed by atoms with E-state index in [0.29, 0.717) is 11.3 Å². The number of β-lactam (4-membered cyclic amide) rings is 1. The van der Waals surface area contributed by atoms with E-state index in [9.17, 15) is 24.3 Å². The van der Waals surface area contributed by atoms with Gasteiger partial charge in [-0.15, -0.1) is 11.8 Å².